The van der Waals surface area contributed by atoms with Crippen LogP contribution in [0.1, 0.15) is 31.9 Å². The molecule has 0 spiro atoms. The number of methoxy groups -OCH3 is 2. The van der Waals surface area contributed by atoms with Crippen molar-refractivity contribution in [3.8, 4) is 5.75 Å². The lowest BCUT2D eigenvalue weighted by molar-refractivity contribution is 0.111. The van der Waals surface area contributed by atoms with Crippen molar-refractivity contribution >= 4 is 0 Å². The molecule has 4 heteroatoms. The van der Waals surface area contributed by atoms with Crippen molar-refractivity contribution in [3.05, 3.63) is 29.8 Å². The molecule has 0 radical (unpaired) electrons. The summed E-state index contributed by atoms with van der Waals surface area (Å²) < 4.78 is 10.7. The largest absolute Gasteiger partial charge is 0.496 e. The fraction of sp³-hybridized carbons (Fsp3) is 0.625. The Hall–Kier alpha value is -1.10. The first-order valence-electron chi connectivity index (χ1n) is 7.31. The summed E-state index contributed by atoms with van der Waals surface area (Å²) in [5.74, 6) is 0.900. The fourth-order valence-corrected chi connectivity index (χ4v) is 2.53. The number of hydrogen-bond donors (Lipinski definition) is 1. The van der Waals surface area contributed by atoms with Crippen molar-refractivity contribution < 1.29 is 9.47 Å². The van der Waals surface area contributed by atoms with Crippen molar-refractivity contribution in [1.29, 1.82) is 0 Å². The van der Waals surface area contributed by atoms with Gasteiger partial charge in [0.1, 0.15) is 5.75 Å². The number of likely N-dealkylation sites (N-methyl/N-ethyl adjacent to an activating group) is 1. The third-order valence-electron chi connectivity index (χ3n) is 3.72. The van der Waals surface area contributed by atoms with Crippen LogP contribution in [0.5, 0.6) is 5.75 Å². The molecule has 2 atom stereocenters. The minimum atomic E-state index is 0.0723. The van der Waals surface area contributed by atoms with E-state index in [0.717, 1.165) is 30.8 Å². The number of benzene rings is 1. The molecular formula is C16H28N2O2. The first kappa shape index (κ1) is 17.0. The van der Waals surface area contributed by atoms with Gasteiger partial charge in [0.05, 0.1) is 19.8 Å². The molecule has 0 aliphatic rings. The van der Waals surface area contributed by atoms with Crippen LogP contribution in [0.25, 0.3) is 0 Å². The van der Waals surface area contributed by atoms with Gasteiger partial charge < -0.3 is 15.2 Å². The molecule has 2 N–H and O–H groups in total. The van der Waals surface area contributed by atoms with Gasteiger partial charge in [0.2, 0.25) is 0 Å². The number of para-hydroxylation sites is 1. The zero-order chi connectivity index (χ0) is 15.0. The zero-order valence-electron chi connectivity index (χ0n) is 13.1. The number of nitrogens with two attached hydrogens (primary N) is 1. The van der Waals surface area contributed by atoms with Crippen molar-refractivity contribution in [2.75, 3.05) is 33.9 Å². The van der Waals surface area contributed by atoms with Crippen molar-refractivity contribution in [1.82, 2.24) is 4.90 Å². The van der Waals surface area contributed by atoms with E-state index in [1.54, 1.807) is 14.2 Å². The summed E-state index contributed by atoms with van der Waals surface area (Å²) in [4.78, 5) is 2.36. The molecule has 4 nitrogen and oxygen atoms in total. The molecule has 0 saturated heterocycles. The molecule has 0 aliphatic carbocycles. The number of rotatable bonds is 9. The highest BCUT2D eigenvalue weighted by atomic mass is 16.5. The summed E-state index contributed by atoms with van der Waals surface area (Å²) in [5, 5.41) is 0. The second-order valence-electron chi connectivity index (χ2n) is 4.88. The van der Waals surface area contributed by atoms with E-state index in [9.17, 15) is 0 Å². The van der Waals surface area contributed by atoms with E-state index in [0.29, 0.717) is 6.61 Å². The van der Waals surface area contributed by atoms with Gasteiger partial charge in [-0.05, 0) is 19.0 Å². The van der Waals surface area contributed by atoms with E-state index < -0.39 is 0 Å². The molecule has 1 aromatic carbocycles. The molecule has 20 heavy (non-hydrogen) atoms. The first-order valence-corrected chi connectivity index (χ1v) is 7.31. The van der Waals surface area contributed by atoms with Crippen LogP contribution in [-0.4, -0.2) is 44.9 Å². The Labute approximate surface area is 122 Å². The second-order valence-corrected chi connectivity index (χ2v) is 4.88. The van der Waals surface area contributed by atoms with Crippen LogP contribution >= 0.6 is 0 Å². The summed E-state index contributed by atoms with van der Waals surface area (Å²) in [5.41, 5.74) is 7.54. The number of ether oxygens (including phenoxy) is 2. The van der Waals surface area contributed by atoms with Crippen molar-refractivity contribution in [2.45, 2.75) is 32.4 Å². The lowest BCUT2D eigenvalue weighted by atomic mass is 9.95. The maximum absolute atomic E-state index is 6.38. The van der Waals surface area contributed by atoms with E-state index in [2.05, 4.69) is 24.8 Å². The molecule has 0 aliphatic heterocycles. The third kappa shape index (κ3) is 4.20. The maximum atomic E-state index is 6.38. The van der Waals surface area contributed by atoms with E-state index >= 15 is 0 Å². The Balaban J connectivity index is 3.09. The minimum absolute atomic E-state index is 0.0723. The van der Waals surface area contributed by atoms with Crippen molar-refractivity contribution in [2.24, 2.45) is 5.73 Å². The van der Waals surface area contributed by atoms with Crippen LogP contribution in [0.15, 0.2) is 24.3 Å². The maximum Gasteiger partial charge on any atom is 0.123 e. The molecule has 1 rings (SSSR count). The molecule has 0 amide bonds. The van der Waals surface area contributed by atoms with Crippen molar-refractivity contribution in [3.63, 3.8) is 0 Å². The van der Waals surface area contributed by atoms with Gasteiger partial charge in [-0.2, -0.15) is 0 Å². The SMILES string of the molecule is CCC(N)C(c1ccccc1OC)N(CC)CCOC. The summed E-state index contributed by atoms with van der Waals surface area (Å²) in [6.07, 6.45) is 0.923. The van der Waals surface area contributed by atoms with Crippen LogP contribution in [0.4, 0.5) is 0 Å². The number of hydrogen-bond acceptors (Lipinski definition) is 4. The predicted octanol–water partition coefficient (Wildman–Crippen LogP) is 2.44. The minimum Gasteiger partial charge on any atom is -0.496 e. The zero-order valence-corrected chi connectivity index (χ0v) is 13.1. The normalized spacial score (nSPS) is 14.3. The summed E-state index contributed by atoms with van der Waals surface area (Å²) >= 11 is 0. The topological polar surface area (TPSA) is 47.7 Å². The van der Waals surface area contributed by atoms with Gasteiger partial charge >= 0.3 is 0 Å². The van der Waals surface area contributed by atoms with E-state index in [1.165, 1.54) is 0 Å². The monoisotopic (exact) mass is 280 g/mol. The fourth-order valence-electron chi connectivity index (χ4n) is 2.53. The molecule has 0 fully saturated rings. The molecule has 0 aromatic heterocycles. The van der Waals surface area contributed by atoms with Gasteiger partial charge in [0.15, 0.2) is 0 Å². The van der Waals surface area contributed by atoms with Gasteiger partial charge in [0, 0.05) is 25.3 Å². The van der Waals surface area contributed by atoms with E-state index in [4.69, 9.17) is 15.2 Å². The van der Waals surface area contributed by atoms with E-state index in [1.807, 2.05) is 18.2 Å². The lowest BCUT2D eigenvalue weighted by Crippen LogP contribution is -2.42. The molecule has 1 aromatic rings. The average Bonchev–Trinajstić information content (AvgIpc) is 2.50. The van der Waals surface area contributed by atoms with Gasteiger partial charge in [-0.25, -0.2) is 0 Å². The van der Waals surface area contributed by atoms with Gasteiger partial charge in [-0.15, -0.1) is 0 Å². The molecule has 2 unspecified atom stereocenters. The third-order valence-corrected chi connectivity index (χ3v) is 3.72. The lowest BCUT2D eigenvalue weighted by Gasteiger charge is -2.35. The number of nitrogens with zero attached hydrogens (tertiary/aromatic N) is 1. The smallest absolute Gasteiger partial charge is 0.123 e. The van der Waals surface area contributed by atoms with Crippen LogP contribution in [-0.2, 0) is 4.74 Å². The summed E-state index contributed by atoms with van der Waals surface area (Å²) in [6.45, 7) is 6.77. The van der Waals surface area contributed by atoms with Gasteiger partial charge in [-0.3, -0.25) is 4.90 Å². The highest BCUT2D eigenvalue weighted by Crippen LogP contribution is 2.31. The Morgan fingerprint density at radius 2 is 1.90 bits per heavy atom. The summed E-state index contributed by atoms with van der Waals surface area (Å²) in [6, 6.07) is 8.35. The standard InChI is InChI=1S/C16H28N2O2/c1-5-14(17)16(18(6-2)11-12-19-3)13-9-7-8-10-15(13)20-4/h7-10,14,16H,5-6,11-12,17H2,1-4H3. The Morgan fingerprint density at radius 1 is 1.20 bits per heavy atom. The van der Waals surface area contributed by atoms with Crippen LogP contribution in [0.3, 0.4) is 0 Å². The van der Waals surface area contributed by atoms with Crippen LogP contribution in [0.2, 0.25) is 0 Å². The van der Waals surface area contributed by atoms with E-state index in [-0.39, 0.29) is 12.1 Å². The average molecular weight is 280 g/mol. The molecular weight excluding hydrogens is 252 g/mol. The molecule has 114 valence electrons. The highest BCUT2D eigenvalue weighted by Gasteiger charge is 2.27. The van der Waals surface area contributed by atoms with Gasteiger partial charge in [0.25, 0.3) is 0 Å². The first-order chi connectivity index (χ1) is 9.69. The Kier molecular flexibility index (Phi) is 7.59. The van der Waals surface area contributed by atoms with Crippen LogP contribution in [0, 0.1) is 0 Å². The quantitative estimate of drug-likeness (QED) is 0.755. The predicted molar refractivity (Wildman–Crippen MR) is 83.1 cm³/mol. The Bertz CT molecular complexity index is 384. The summed E-state index contributed by atoms with van der Waals surface area (Å²) in [7, 11) is 3.44. The molecule has 0 heterocycles. The van der Waals surface area contributed by atoms with Crippen LogP contribution < -0.4 is 10.5 Å². The molecule has 0 bridgehead atoms. The highest BCUT2D eigenvalue weighted by molar-refractivity contribution is 5.36. The molecule has 0 saturated carbocycles. The Morgan fingerprint density at radius 3 is 2.45 bits per heavy atom. The van der Waals surface area contributed by atoms with Gasteiger partial charge in [-0.1, -0.05) is 32.0 Å². The second kappa shape index (κ2) is 8.95.